The van der Waals surface area contributed by atoms with E-state index in [1.54, 1.807) is 0 Å². The standard InChI is InChI=1S/C12H23N3O/c1-4-9-16-10-6-11(13-3)12-14-7-8-15(12)5-2/h7-8,11,13H,4-6,9-10H2,1-3H3. The van der Waals surface area contributed by atoms with Gasteiger partial charge in [0.15, 0.2) is 0 Å². The van der Waals surface area contributed by atoms with Crippen molar-refractivity contribution in [2.75, 3.05) is 20.3 Å². The van der Waals surface area contributed by atoms with Gasteiger partial charge in [0.25, 0.3) is 0 Å². The van der Waals surface area contributed by atoms with E-state index < -0.39 is 0 Å². The molecule has 1 N–H and O–H groups in total. The van der Waals surface area contributed by atoms with Crippen LogP contribution in [0.3, 0.4) is 0 Å². The molecule has 0 radical (unpaired) electrons. The molecule has 0 aliphatic rings. The van der Waals surface area contributed by atoms with Crippen LogP contribution in [0.5, 0.6) is 0 Å². The SMILES string of the molecule is CCCOCCC(NC)c1nccn1CC. The highest BCUT2D eigenvalue weighted by atomic mass is 16.5. The maximum atomic E-state index is 5.51. The predicted octanol–water partition coefficient (Wildman–Crippen LogP) is 1.98. The molecule has 0 saturated heterocycles. The molecule has 16 heavy (non-hydrogen) atoms. The van der Waals surface area contributed by atoms with E-state index in [2.05, 4.69) is 28.7 Å². The molecule has 1 atom stereocenters. The Morgan fingerprint density at radius 3 is 2.88 bits per heavy atom. The average molecular weight is 225 g/mol. The minimum atomic E-state index is 0.284. The second-order valence-corrected chi connectivity index (χ2v) is 3.81. The summed E-state index contributed by atoms with van der Waals surface area (Å²) in [4.78, 5) is 4.40. The van der Waals surface area contributed by atoms with Crippen molar-refractivity contribution in [3.63, 3.8) is 0 Å². The number of ether oxygens (including phenoxy) is 1. The van der Waals surface area contributed by atoms with E-state index in [0.717, 1.165) is 38.4 Å². The van der Waals surface area contributed by atoms with Crippen LogP contribution in [0, 0.1) is 0 Å². The molecule has 4 nitrogen and oxygen atoms in total. The third-order valence-corrected chi connectivity index (χ3v) is 2.65. The third-order valence-electron chi connectivity index (χ3n) is 2.65. The molecular weight excluding hydrogens is 202 g/mol. The van der Waals surface area contributed by atoms with Crippen molar-refractivity contribution >= 4 is 0 Å². The van der Waals surface area contributed by atoms with Gasteiger partial charge in [-0.1, -0.05) is 6.92 Å². The lowest BCUT2D eigenvalue weighted by Gasteiger charge is -2.16. The van der Waals surface area contributed by atoms with Crippen LogP contribution in [0.1, 0.15) is 38.6 Å². The number of imidazole rings is 1. The molecule has 1 unspecified atom stereocenters. The first kappa shape index (κ1) is 13.2. The highest BCUT2D eigenvalue weighted by Crippen LogP contribution is 2.14. The van der Waals surface area contributed by atoms with Crippen LogP contribution < -0.4 is 5.32 Å². The van der Waals surface area contributed by atoms with Crippen LogP contribution in [0.4, 0.5) is 0 Å². The van der Waals surface area contributed by atoms with Crippen molar-refractivity contribution in [1.82, 2.24) is 14.9 Å². The van der Waals surface area contributed by atoms with Gasteiger partial charge >= 0.3 is 0 Å². The molecular formula is C12H23N3O. The molecule has 4 heteroatoms. The average Bonchev–Trinajstić information content (AvgIpc) is 2.77. The van der Waals surface area contributed by atoms with E-state index in [1.807, 2.05) is 19.4 Å². The van der Waals surface area contributed by atoms with E-state index in [-0.39, 0.29) is 6.04 Å². The van der Waals surface area contributed by atoms with Gasteiger partial charge in [0.2, 0.25) is 0 Å². The Morgan fingerprint density at radius 1 is 1.44 bits per heavy atom. The van der Waals surface area contributed by atoms with E-state index in [4.69, 9.17) is 4.74 Å². The lowest BCUT2D eigenvalue weighted by atomic mass is 10.2. The Balaban J connectivity index is 2.47. The molecule has 0 fully saturated rings. The number of hydrogen-bond donors (Lipinski definition) is 1. The van der Waals surface area contributed by atoms with Gasteiger partial charge in [-0.3, -0.25) is 0 Å². The van der Waals surface area contributed by atoms with Gasteiger partial charge in [-0.05, 0) is 26.8 Å². The number of nitrogens with zero attached hydrogens (tertiary/aromatic N) is 2. The van der Waals surface area contributed by atoms with Gasteiger partial charge < -0.3 is 14.6 Å². The molecule has 0 saturated carbocycles. The molecule has 0 aliphatic heterocycles. The highest BCUT2D eigenvalue weighted by molar-refractivity contribution is 4.99. The van der Waals surface area contributed by atoms with Crippen molar-refractivity contribution < 1.29 is 4.74 Å². The summed E-state index contributed by atoms with van der Waals surface area (Å²) in [6.45, 7) is 6.85. The fourth-order valence-electron chi connectivity index (χ4n) is 1.75. The van der Waals surface area contributed by atoms with E-state index in [0.29, 0.717) is 0 Å². The van der Waals surface area contributed by atoms with Gasteiger partial charge in [-0.2, -0.15) is 0 Å². The summed E-state index contributed by atoms with van der Waals surface area (Å²) < 4.78 is 7.68. The number of nitrogens with one attached hydrogen (secondary N) is 1. The quantitative estimate of drug-likeness (QED) is 0.688. The Hall–Kier alpha value is -0.870. The smallest absolute Gasteiger partial charge is 0.125 e. The molecule has 0 amide bonds. The Bertz CT molecular complexity index is 286. The zero-order valence-corrected chi connectivity index (χ0v) is 10.6. The van der Waals surface area contributed by atoms with Gasteiger partial charge in [0.05, 0.1) is 6.04 Å². The Morgan fingerprint density at radius 2 is 2.25 bits per heavy atom. The lowest BCUT2D eigenvalue weighted by Crippen LogP contribution is -2.22. The van der Waals surface area contributed by atoms with Crippen molar-refractivity contribution in [3.8, 4) is 0 Å². The van der Waals surface area contributed by atoms with Gasteiger partial charge in [0.1, 0.15) is 5.82 Å². The zero-order valence-electron chi connectivity index (χ0n) is 10.6. The van der Waals surface area contributed by atoms with Crippen LogP contribution in [0.15, 0.2) is 12.4 Å². The highest BCUT2D eigenvalue weighted by Gasteiger charge is 2.13. The van der Waals surface area contributed by atoms with E-state index in [9.17, 15) is 0 Å². The van der Waals surface area contributed by atoms with Gasteiger partial charge in [-0.15, -0.1) is 0 Å². The molecule has 1 aromatic rings. The maximum absolute atomic E-state index is 5.51. The second kappa shape index (κ2) is 7.41. The van der Waals surface area contributed by atoms with Crippen molar-refractivity contribution in [1.29, 1.82) is 0 Å². The summed E-state index contributed by atoms with van der Waals surface area (Å²) in [5.41, 5.74) is 0. The summed E-state index contributed by atoms with van der Waals surface area (Å²) >= 11 is 0. The largest absolute Gasteiger partial charge is 0.381 e. The molecule has 1 heterocycles. The topological polar surface area (TPSA) is 39.1 Å². The molecule has 1 aromatic heterocycles. The molecule has 92 valence electrons. The monoisotopic (exact) mass is 225 g/mol. The maximum Gasteiger partial charge on any atom is 0.125 e. The van der Waals surface area contributed by atoms with Crippen molar-refractivity contribution in [3.05, 3.63) is 18.2 Å². The first-order valence-electron chi connectivity index (χ1n) is 6.09. The van der Waals surface area contributed by atoms with Crippen LogP contribution in [-0.2, 0) is 11.3 Å². The Kier molecular flexibility index (Phi) is 6.11. The van der Waals surface area contributed by atoms with Crippen molar-refractivity contribution in [2.24, 2.45) is 0 Å². The zero-order chi connectivity index (χ0) is 11.8. The van der Waals surface area contributed by atoms with Crippen LogP contribution in [0.2, 0.25) is 0 Å². The number of aromatic nitrogens is 2. The molecule has 0 spiro atoms. The van der Waals surface area contributed by atoms with Gasteiger partial charge in [0, 0.05) is 32.2 Å². The van der Waals surface area contributed by atoms with Crippen molar-refractivity contribution in [2.45, 2.75) is 39.3 Å². The fourth-order valence-corrected chi connectivity index (χ4v) is 1.75. The molecule has 0 aromatic carbocycles. The fraction of sp³-hybridized carbons (Fsp3) is 0.750. The van der Waals surface area contributed by atoms with E-state index >= 15 is 0 Å². The summed E-state index contributed by atoms with van der Waals surface area (Å²) in [6.07, 6.45) is 5.92. The summed E-state index contributed by atoms with van der Waals surface area (Å²) in [5.74, 6) is 1.10. The van der Waals surface area contributed by atoms with Crippen LogP contribution in [0.25, 0.3) is 0 Å². The first-order valence-corrected chi connectivity index (χ1v) is 6.09. The first-order chi connectivity index (χ1) is 7.83. The van der Waals surface area contributed by atoms with E-state index in [1.165, 1.54) is 0 Å². The molecule has 1 rings (SSSR count). The second-order valence-electron chi connectivity index (χ2n) is 3.81. The van der Waals surface area contributed by atoms with Gasteiger partial charge in [-0.25, -0.2) is 4.98 Å². The number of hydrogen-bond acceptors (Lipinski definition) is 3. The minimum absolute atomic E-state index is 0.284. The summed E-state index contributed by atoms with van der Waals surface area (Å²) in [7, 11) is 1.97. The normalized spacial score (nSPS) is 12.9. The summed E-state index contributed by atoms with van der Waals surface area (Å²) in [5, 5.41) is 3.29. The predicted molar refractivity (Wildman–Crippen MR) is 65.4 cm³/mol. The lowest BCUT2D eigenvalue weighted by molar-refractivity contribution is 0.124. The number of aryl methyl sites for hydroxylation is 1. The van der Waals surface area contributed by atoms with Crippen LogP contribution >= 0.6 is 0 Å². The van der Waals surface area contributed by atoms with Crippen LogP contribution in [-0.4, -0.2) is 29.8 Å². The summed E-state index contributed by atoms with van der Waals surface area (Å²) in [6, 6.07) is 0.284. The Labute approximate surface area is 98.0 Å². The third kappa shape index (κ3) is 3.61. The molecule has 0 aliphatic carbocycles. The molecule has 0 bridgehead atoms. The minimum Gasteiger partial charge on any atom is -0.381 e. The number of rotatable bonds is 8.